The number of hydrogen-bond donors (Lipinski definition) is 2. The molecule has 2 N–H and O–H groups in total. The Kier molecular flexibility index (Phi) is 4.82. The zero-order valence-corrected chi connectivity index (χ0v) is 12.2. The predicted octanol–water partition coefficient (Wildman–Crippen LogP) is 3.49. The van der Waals surface area contributed by atoms with Gasteiger partial charge in [0.15, 0.2) is 0 Å². The first-order chi connectivity index (χ1) is 10.1. The molecule has 0 aromatic heterocycles. The van der Waals surface area contributed by atoms with Gasteiger partial charge in [-0.1, -0.05) is 29.8 Å². The molecule has 0 saturated heterocycles. The Morgan fingerprint density at radius 1 is 1.19 bits per heavy atom. The lowest BCUT2D eigenvalue weighted by atomic mass is 10.1. The maximum atomic E-state index is 11.2. The Morgan fingerprint density at radius 2 is 1.95 bits per heavy atom. The fraction of sp³-hybridized carbons (Fsp3) is 0.235. The molecule has 2 rings (SSSR count). The van der Waals surface area contributed by atoms with Gasteiger partial charge in [0.05, 0.1) is 5.56 Å². The molecule has 0 spiro atoms. The summed E-state index contributed by atoms with van der Waals surface area (Å²) in [5.41, 5.74) is 2.90. The van der Waals surface area contributed by atoms with Gasteiger partial charge < -0.3 is 15.2 Å². The first-order valence-corrected chi connectivity index (χ1v) is 6.84. The van der Waals surface area contributed by atoms with E-state index in [2.05, 4.69) is 5.32 Å². The van der Waals surface area contributed by atoms with Gasteiger partial charge in [0.25, 0.3) is 0 Å². The smallest absolute Gasteiger partial charge is 0.337 e. The van der Waals surface area contributed by atoms with Crippen LogP contribution in [0.25, 0.3) is 0 Å². The molecule has 0 atom stereocenters. The van der Waals surface area contributed by atoms with Gasteiger partial charge >= 0.3 is 5.97 Å². The molecule has 0 amide bonds. The number of rotatable bonds is 6. The van der Waals surface area contributed by atoms with Gasteiger partial charge in [0.2, 0.25) is 0 Å². The standard InChI is InChI=1S/C17H19NO3/c1-12-7-8-15(14(11-12)17(19)20)18-9-10-21-16-6-4-3-5-13(16)2/h3-8,11,18H,9-10H2,1-2H3,(H,19,20). The molecule has 2 aromatic rings. The normalized spacial score (nSPS) is 10.2. The monoisotopic (exact) mass is 285 g/mol. The molecule has 0 aliphatic carbocycles. The molecular formula is C17H19NO3. The van der Waals surface area contributed by atoms with E-state index in [1.54, 1.807) is 12.1 Å². The zero-order chi connectivity index (χ0) is 15.2. The van der Waals surface area contributed by atoms with Crippen molar-refractivity contribution in [3.05, 3.63) is 59.2 Å². The van der Waals surface area contributed by atoms with Crippen LogP contribution in [0.2, 0.25) is 0 Å². The minimum atomic E-state index is -0.930. The fourth-order valence-electron chi connectivity index (χ4n) is 2.05. The molecule has 0 radical (unpaired) electrons. The molecule has 110 valence electrons. The number of carboxylic acids is 1. The number of anilines is 1. The molecule has 0 fully saturated rings. The van der Waals surface area contributed by atoms with Crippen molar-refractivity contribution in [3.8, 4) is 5.75 Å². The highest BCUT2D eigenvalue weighted by Crippen LogP contribution is 2.18. The summed E-state index contributed by atoms with van der Waals surface area (Å²) in [4.78, 5) is 11.2. The molecule has 4 nitrogen and oxygen atoms in total. The number of benzene rings is 2. The third kappa shape index (κ3) is 3.99. The summed E-state index contributed by atoms with van der Waals surface area (Å²) in [7, 11) is 0. The Hall–Kier alpha value is -2.49. The fourth-order valence-corrected chi connectivity index (χ4v) is 2.05. The van der Waals surface area contributed by atoms with Crippen molar-refractivity contribution < 1.29 is 14.6 Å². The van der Waals surface area contributed by atoms with Crippen molar-refractivity contribution in [2.24, 2.45) is 0 Å². The lowest BCUT2D eigenvalue weighted by Crippen LogP contribution is -2.14. The van der Waals surface area contributed by atoms with Gasteiger partial charge in [-0.3, -0.25) is 0 Å². The van der Waals surface area contributed by atoms with Crippen molar-refractivity contribution in [1.29, 1.82) is 0 Å². The minimum Gasteiger partial charge on any atom is -0.491 e. The van der Waals surface area contributed by atoms with Crippen LogP contribution in [0.4, 0.5) is 5.69 Å². The number of carboxylic acid groups (broad SMARTS) is 1. The second-order valence-electron chi connectivity index (χ2n) is 4.89. The maximum Gasteiger partial charge on any atom is 0.337 e. The Balaban J connectivity index is 1.92. The number of carbonyl (C=O) groups is 1. The largest absolute Gasteiger partial charge is 0.491 e. The third-order valence-electron chi connectivity index (χ3n) is 3.17. The van der Waals surface area contributed by atoms with Crippen molar-refractivity contribution >= 4 is 11.7 Å². The molecule has 0 saturated carbocycles. The van der Waals surface area contributed by atoms with Gasteiger partial charge in [0.1, 0.15) is 12.4 Å². The Bertz CT molecular complexity index is 638. The number of aromatic carboxylic acids is 1. The summed E-state index contributed by atoms with van der Waals surface area (Å²) < 4.78 is 5.67. The topological polar surface area (TPSA) is 58.6 Å². The highest BCUT2D eigenvalue weighted by Gasteiger charge is 2.09. The molecule has 0 aliphatic rings. The van der Waals surface area contributed by atoms with Crippen molar-refractivity contribution in [3.63, 3.8) is 0 Å². The van der Waals surface area contributed by atoms with E-state index in [9.17, 15) is 9.90 Å². The molecule has 0 bridgehead atoms. The Morgan fingerprint density at radius 3 is 2.67 bits per heavy atom. The molecular weight excluding hydrogens is 266 g/mol. The summed E-state index contributed by atoms with van der Waals surface area (Å²) in [6.45, 7) is 4.87. The van der Waals surface area contributed by atoms with E-state index in [0.717, 1.165) is 16.9 Å². The maximum absolute atomic E-state index is 11.2. The van der Waals surface area contributed by atoms with Gasteiger partial charge in [0, 0.05) is 12.2 Å². The quantitative estimate of drug-likeness (QED) is 0.798. The SMILES string of the molecule is Cc1ccc(NCCOc2ccccc2C)c(C(=O)O)c1. The van der Waals surface area contributed by atoms with E-state index in [4.69, 9.17) is 4.74 Å². The van der Waals surface area contributed by atoms with Crippen molar-refractivity contribution in [2.45, 2.75) is 13.8 Å². The summed E-state index contributed by atoms with van der Waals surface area (Å²) in [5, 5.41) is 12.3. The number of para-hydroxylation sites is 1. The van der Waals surface area contributed by atoms with E-state index in [1.165, 1.54) is 0 Å². The predicted molar refractivity (Wildman–Crippen MR) is 83.3 cm³/mol. The highest BCUT2D eigenvalue weighted by molar-refractivity contribution is 5.94. The molecule has 21 heavy (non-hydrogen) atoms. The number of nitrogens with one attached hydrogen (secondary N) is 1. The molecule has 2 aromatic carbocycles. The van der Waals surface area contributed by atoms with Crippen LogP contribution < -0.4 is 10.1 Å². The summed E-state index contributed by atoms with van der Waals surface area (Å²) in [6, 6.07) is 13.1. The van der Waals surface area contributed by atoms with E-state index in [-0.39, 0.29) is 5.56 Å². The second kappa shape index (κ2) is 6.79. The summed E-state index contributed by atoms with van der Waals surface area (Å²) >= 11 is 0. The van der Waals surface area contributed by atoms with E-state index >= 15 is 0 Å². The van der Waals surface area contributed by atoms with Crippen LogP contribution >= 0.6 is 0 Å². The van der Waals surface area contributed by atoms with Gasteiger partial charge in [-0.25, -0.2) is 4.79 Å². The second-order valence-corrected chi connectivity index (χ2v) is 4.89. The van der Waals surface area contributed by atoms with E-state index in [1.807, 2.05) is 44.2 Å². The summed E-state index contributed by atoms with van der Waals surface area (Å²) in [6.07, 6.45) is 0. The first-order valence-electron chi connectivity index (χ1n) is 6.84. The molecule has 0 aliphatic heterocycles. The lowest BCUT2D eigenvalue weighted by molar-refractivity contribution is 0.0698. The van der Waals surface area contributed by atoms with Crippen LogP contribution in [0.5, 0.6) is 5.75 Å². The molecule has 4 heteroatoms. The number of hydrogen-bond acceptors (Lipinski definition) is 3. The third-order valence-corrected chi connectivity index (χ3v) is 3.17. The highest BCUT2D eigenvalue weighted by atomic mass is 16.5. The van der Waals surface area contributed by atoms with Crippen LogP contribution in [0, 0.1) is 13.8 Å². The van der Waals surface area contributed by atoms with Gasteiger partial charge in [-0.05, 0) is 37.6 Å². The number of aryl methyl sites for hydroxylation is 2. The average molecular weight is 285 g/mol. The van der Waals surface area contributed by atoms with Crippen LogP contribution in [0.1, 0.15) is 21.5 Å². The summed E-state index contributed by atoms with van der Waals surface area (Å²) in [5.74, 6) is -0.0808. The van der Waals surface area contributed by atoms with Crippen LogP contribution in [-0.4, -0.2) is 24.2 Å². The van der Waals surface area contributed by atoms with Crippen molar-refractivity contribution in [1.82, 2.24) is 0 Å². The van der Waals surface area contributed by atoms with Crippen LogP contribution in [0.3, 0.4) is 0 Å². The van der Waals surface area contributed by atoms with Gasteiger partial charge in [-0.15, -0.1) is 0 Å². The molecule has 0 heterocycles. The first kappa shape index (κ1) is 14.9. The average Bonchev–Trinajstić information content (AvgIpc) is 2.46. The zero-order valence-electron chi connectivity index (χ0n) is 12.2. The minimum absolute atomic E-state index is 0.283. The van der Waals surface area contributed by atoms with E-state index < -0.39 is 5.97 Å². The lowest BCUT2D eigenvalue weighted by Gasteiger charge is -2.12. The van der Waals surface area contributed by atoms with Crippen LogP contribution in [0.15, 0.2) is 42.5 Å². The number of ether oxygens (including phenoxy) is 1. The van der Waals surface area contributed by atoms with E-state index in [0.29, 0.717) is 18.8 Å². The van der Waals surface area contributed by atoms with Crippen molar-refractivity contribution in [2.75, 3.05) is 18.5 Å². The molecule has 0 unspecified atom stereocenters. The Labute approximate surface area is 124 Å². The van der Waals surface area contributed by atoms with Crippen LogP contribution in [-0.2, 0) is 0 Å². The van der Waals surface area contributed by atoms with Gasteiger partial charge in [-0.2, -0.15) is 0 Å².